The van der Waals surface area contributed by atoms with Crippen LogP contribution in [0.2, 0.25) is 0 Å². The molecular weight excluding hydrogens is 350 g/mol. The Bertz CT molecular complexity index is 614. The average Bonchev–Trinajstić information content (AvgIpc) is 3.16. The van der Waals surface area contributed by atoms with Crippen LogP contribution < -0.4 is 5.32 Å². The highest BCUT2D eigenvalue weighted by Crippen LogP contribution is 2.49. The molecule has 0 spiro atoms. The summed E-state index contributed by atoms with van der Waals surface area (Å²) in [7, 11) is 0. The Morgan fingerprint density at radius 3 is 2.81 bits per heavy atom. The van der Waals surface area contributed by atoms with Crippen molar-refractivity contribution in [3.8, 4) is 0 Å². The second kappa shape index (κ2) is 6.62. The molecule has 3 rings (SSSR count). The van der Waals surface area contributed by atoms with Crippen LogP contribution in [-0.2, 0) is 11.3 Å². The van der Waals surface area contributed by atoms with E-state index in [1.54, 1.807) is 11.3 Å². The van der Waals surface area contributed by atoms with Crippen LogP contribution in [0.15, 0.2) is 46.3 Å². The monoisotopic (exact) mass is 365 g/mol. The number of benzene rings is 1. The molecule has 1 N–H and O–H groups in total. The molecule has 1 aromatic heterocycles. The van der Waals surface area contributed by atoms with Gasteiger partial charge in [0, 0.05) is 11.4 Å². The van der Waals surface area contributed by atoms with Gasteiger partial charge in [0.15, 0.2) is 0 Å². The van der Waals surface area contributed by atoms with Gasteiger partial charge in [-0.05, 0) is 51.9 Å². The van der Waals surface area contributed by atoms with Gasteiger partial charge in [-0.25, -0.2) is 4.79 Å². The number of ether oxygens (including phenoxy) is 1. The Morgan fingerprint density at radius 2 is 2.10 bits per heavy atom. The summed E-state index contributed by atoms with van der Waals surface area (Å²) in [5.74, 6) is 1.13. The molecule has 5 heteroatoms. The van der Waals surface area contributed by atoms with E-state index >= 15 is 0 Å². The molecule has 21 heavy (non-hydrogen) atoms. The number of hydrogen-bond donors (Lipinski definition) is 1. The predicted octanol–water partition coefficient (Wildman–Crippen LogP) is 4.54. The van der Waals surface area contributed by atoms with Crippen molar-refractivity contribution < 1.29 is 9.53 Å². The molecule has 1 amide bonds. The number of hydrogen-bond acceptors (Lipinski definition) is 3. The molecule has 0 bridgehead atoms. The fraction of sp³-hybridized carbons (Fsp3) is 0.312. The summed E-state index contributed by atoms with van der Waals surface area (Å²) in [4.78, 5) is 13.1. The van der Waals surface area contributed by atoms with E-state index in [1.807, 2.05) is 30.3 Å². The number of alkyl carbamates (subject to hydrolysis) is 1. The van der Waals surface area contributed by atoms with Crippen LogP contribution in [0.4, 0.5) is 4.79 Å². The summed E-state index contributed by atoms with van der Waals surface area (Å²) >= 11 is 5.26. The van der Waals surface area contributed by atoms with Gasteiger partial charge in [0.2, 0.25) is 0 Å². The molecule has 2 aromatic rings. The second-order valence-corrected chi connectivity index (χ2v) is 7.68. The van der Waals surface area contributed by atoms with Crippen molar-refractivity contribution in [2.45, 2.75) is 18.9 Å². The van der Waals surface area contributed by atoms with Crippen LogP contribution in [0, 0.1) is 5.92 Å². The van der Waals surface area contributed by atoms with Gasteiger partial charge < -0.3 is 10.1 Å². The minimum atomic E-state index is -0.336. The zero-order valence-corrected chi connectivity index (χ0v) is 13.8. The van der Waals surface area contributed by atoms with Crippen LogP contribution in [0.5, 0.6) is 0 Å². The number of nitrogens with one attached hydrogen (secondary N) is 1. The van der Waals surface area contributed by atoms with Crippen LogP contribution >= 0.6 is 27.3 Å². The summed E-state index contributed by atoms with van der Waals surface area (Å²) in [6.07, 6.45) is 0.809. The first kappa shape index (κ1) is 14.6. The summed E-state index contributed by atoms with van der Waals surface area (Å²) in [5, 5.41) is 2.85. The van der Waals surface area contributed by atoms with Gasteiger partial charge in [-0.2, -0.15) is 0 Å². The van der Waals surface area contributed by atoms with E-state index in [-0.39, 0.29) is 6.09 Å². The first-order valence-corrected chi connectivity index (χ1v) is 8.53. The van der Waals surface area contributed by atoms with Crippen LogP contribution in [-0.4, -0.2) is 12.6 Å². The van der Waals surface area contributed by atoms with E-state index in [1.165, 1.54) is 8.66 Å². The zero-order valence-electron chi connectivity index (χ0n) is 11.4. The highest BCUT2D eigenvalue weighted by Gasteiger charge is 2.39. The van der Waals surface area contributed by atoms with E-state index in [9.17, 15) is 4.79 Å². The number of carbonyl (C=O) groups excluding carboxylic acids is 1. The maximum Gasteiger partial charge on any atom is 0.407 e. The van der Waals surface area contributed by atoms with Crippen molar-refractivity contribution in [1.82, 2.24) is 5.32 Å². The van der Waals surface area contributed by atoms with Crippen LogP contribution in [0.3, 0.4) is 0 Å². The Kier molecular flexibility index (Phi) is 4.60. The average molecular weight is 366 g/mol. The fourth-order valence-corrected chi connectivity index (χ4v) is 3.97. The standard InChI is InChI=1S/C16H16BrNO2S/c17-15-7-6-14(21-15)13-8-12(13)9-18-16(19)20-10-11-4-2-1-3-5-11/h1-7,12-13H,8-10H2,(H,18,19)/t12-,13+/m0/s1. The lowest BCUT2D eigenvalue weighted by Crippen LogP contribution is -2.26. The van der Waals surface area contributed by atoms with Gasteiger partial charge in [0.1, 0.15) is 6.61 Å². The number of carbonyl (C=O) groups is 1. The molecule has 3 nitrogen and oxygen atoms in total. The van der Waals surface area contributed by atoms with Gasteiger partial charge >= 0.3 is 6.09 Å². The minimum absolute atomic E-state index is 0.318. The lowest BCUT2D eigenvalue weighted by Gasteiger charge is -2.06. The summed E-state index contributed by atoms with van der Waals surface area (Å²) in [5.41, 5.74) is 1.00. The molecule has 110 valence electrons. The van der Waals surface area contributed by atoms with E-state index in [0.717, 1.165) is 12.0 Å². The first-order valence-electron chi connectivity index (χ1n) is 6.92. The van der Waals surface area contributed by atoms with Gasteiger partial charge in [0.05, 0.1) is 3.79 Å². The fourth-order valence-electron chi connectivity index (χ4n) is 2.34. The van der Waals surface area contributed by atoms with Gasteiger partial charge in [-0.3, -0.25) is 0 Å². The molecule has 0 saturated heterocycles. The molecule has 0 aliphatic heterocycles. The number of halogens is 1. The number of thiophene rings is 1. The predicted molar refractivity (Wildman–Crippen MR) is 87.5 cm³/mol. The van der Waals surface area contributed by atoms with Gasteiger partial charge in [-0.15, -0.1) is 11.3 Å². The normalized spacial score (nSPS) is 20.0. The molecular formula is C16H16BrNO2S. The largest absolute Gasteiger partial charge is 0.445 e. The molecule has 1 fully saturated rings. The molecule has 0 radical (unpaired) electrons. The molecule has 1 aliphatic rings. The summed E-state index contributed by atoms with van der Waals surface area (Å²) in [6.45, 7) is 1.01. The molecule has 2 atom stereocenters. The topological polar surface area (TPSA) is 38.3 Å². The SMILES string of the molecule is O=C(NC[C@@H]1C[C@H]1c1ccc(Br)s1)OCc1ccccc1. The van der Waals surface area contributed by atoms with E-state index in [4.69, 9.17) is 4.74 Å². The Hall–Kier alpha value is -1.33. The van der Waals surface area contributed by atoms with Crippen molar-refractivity contribution in [3.05, 3.63) is 56.7 Å². The molecule has 0 unspecified atom stereocenters. The van der Waals surface area contributed by atoms with Crippen LogP contribution in [0.25, 0.3) is 0 Å². The van der Waals surface area contributed by atoms with Crippen molar-refractivity contribution in [3.63, 3.8) is 0 Å². The Morgan fingerprint density at radius 1 is 1.29 bits per heavy atom. The van der Waals surface area contributed by atoms with E-state index < -0.39 is 0 Å². The van der Waals surface area contributed by atoms with Crippen LogP contribution in [0.1, 0.15) is 22.8 Å². The smallest absolute Gasteiger partial charge is 0.407 e. The lowest BCUT2D eigenvalue weighted by molar-refractivity contribution is 0.139. The van der Waals surface area contributed by atoms with E-state index in [0.29, 0.717) is 25.0 Å². The molecule has 1 saturated carbocycles. The number of amides is 1. The van der Waals surface area contributed by atoms with Crippen molar-refractivity contribution >= 4 is 33.4 Å². The second-order valence-electron chi connectivity index (χ2n) is 5.19. The highest BCUT2D eigenvalue weighted by atomic mass is 79.9. The van der Waals surface area contributed by atoms with Gasteiger partial charge in [0.25, 0.3) is 0 Å². The van der Waals surface area contributed by atoms with Crippen molar-refractivity contribution in [1.29, 1.82) is 0 Å². The lowest BCUT2D eigenvalue weighted by atomic mass is 10.2. The molecule has 1 aliphatic carbocycles. The zero-order chi connectivity index (χ0) is 14.7. The maximum absolute atomic E-state index is 11.7. The summed E-state index contributed by atoms with van der Waals surface area (Å²) in [6, 6.07) is 13.9. The molecule has 1 heterocycles. The van der Waals surface area contributed by atoms with E-state index in [2.05, 4.69) is 33.4 Å². The minimum Gasteiger partial charge on any atom is -0.445 e. The third-order valence-electron chi connectivity index (χ3n) is 3.60. The third kappa shape index (κ3) is 4.08. The van der Waals surface area contributed by atoms with Gasteiger partial charge in [-0.1, -0.05) is 30.3 Å². The molecule has 1 aromatic carbocycles. The quantitative estimate of drug-likeness (QED) is 0.844. The number of rotatable bonds is 5. The highest BCUT2D eigenvalue weighted by molar-refractivity contribution is 9.11. The third-order valence-corrected chi connectivity index (χ3v) is 5.36. The maximum atomic E-state index is 11.7. The van der Waals surface area contributed by atoms with Crippen molar-refractivity contribution in [2.24, 2.45) is 5.92 Å². The Labute approximate surface area is 136 Å². The van der Waals surface area contributed by atoms with Crippen molar-refractivity contribution in [2.75, 3.05) is 6.54 Å². The summed E-state index contributed by atoms with van der Waals surface area (Å²) < 4.78 is 6.36. The Balaban J connectivity index is 1.37. The first-order chi connectivity index (χ1) is 10.2.